The van der Waals surface area contributed by atoms with Crippen LogP contribution in [0.1, 0.15) is 24.2 Å². The van der Waals surface area contributed by atoms with Crippen LogP contribution < -0.4 is 0 Å². The number of carbonyl (C=O) groups is 1. The molecule has 0 bridgehead atoms. The minimum Gasteiger partial charge on any atom is -0.395 e. The molecule has 0 radical (unpaired) electrons. The molecule has 1 amide bonds. The van der Waals surface area contributed by atoms with Gasteiger partial charge in [-0.25, -0.2) is 9.67 Å². The van der Waals surface area contributed by atoms with Crippen LogP contribution in [-0.4, -0.2) is 50.4 Å². The van der Waals surface area contributed by atoms with Gasteiger partial charge < -0.3 is 10.0 Å². The Hall–Kier alpha value is -2.73. The topological polar surface area (TPSA) is 71.2 Å². The van der Waals surface area contributed by atoms with Crippen LogP contribution >= 0.6 is 0 Å². The van der Waals surface area contributed by atoms with Gasteiger partial charge >= 0.3 is 0 Å². The monoisotopic (exact) mass is 338 g/mol. The van der Waals surface area contributed by atoms with Crippen LogP contribution in [0.5, 0.6) is 0 Å². The molecule has 0 aliphatic rings. The van der Waals surface area contributed by atoms with E-state index >= 15 is 0 Å². The van der Waals surface area contributed by atoms with Gasteiger partial charge in [0.1, 0.15) is 0 Å². The van der Waals surface area contributed by atoms with Gasteiger partial charge in [0.2, 0.25) is 0 Å². The van der Waals surface area contributed by atoms with E-state index < -0.39 is 0 Å². The summed E-state index contributed by atoms with van der Waals surface area (Å²) in [4.78, 5) is 19.4. The van der Waals surface area contributed by atoms with Crippen LogP contribution in [0.25, 0.3) is 22.3 Å². The third kappa shape index (κ3) is 3.25. The summed E-state index contributed by atoms with van der Waals surface area (Å²) in [6.07, 6.45) is 1.70. The number of benzene rings is 1. The van der Waals surface area contributed by atoms with Crippen molar-refractivity contribution >= 4 is 16.9 Å². The zero-order chi connectivity index (χ0) is 17.8. The van der Waals surface area contributed by atoms with Crippen molar-refractivity contribution < 1.29 is 9.90 Å². The standard InChI is InChI=1S/C19H22N4O2/c1-3-22(10-11-24)19(25)15-12-17(14-8-6-5-7-9-14)21-18-16(15)13-20-23(18)4-2/h5-9,12-13,24H,3-4,10-11H2,1-2H3. The highest BCUT2D eigenvalue weighted by molar-refractivity contribution is 6.06. The Morgan fingerprint density at radius 3 is 2.64 bits per heavy atom. The molecule has 6 heteroatoms. The number of pyridine rings is 1. The summed E-state index contributed by atoms with van der Waals surface area (Å²) < 4.78 is 1.79. The average molecular weight is 338 g/mol. The maximum atomic E-state index is 13.0. The first-order valence-corrected chi connectivity index (χ1v) is 8.51. The molecule has 0 aliphatic heterocycles. The van der Waals surface area contributed by atoms with Gasteiger partial charge in [0.25, 0.3) is 5.91 Å². The lowest BCUT2D eigenvalue weighted by Crippen LogP contribution is -2.33. The maximum absolute atomic E-state index is 13.0. The van der Waals surface area contributed by atoms with Crippen LogP contribution in [0.4, 0.5) is 0 Å². The molecule has 3 rings (SSSR count). The third-order valence-electron chi connectivity index (χ3n) is 4.25. The number of aryl methyl sites for hydroxylation is 1. The van der Waals surface area contributed by atoms with Crippen LogP contribution in [0.15, 0.2) is 42.6 Å². The summed E-state index contributed by atoms with van der Waals surface area (Å²) in [6.45, 7) is 5.35. The first kappa shape index (κ1) is 17.1. The molecular formula is C19H22N4O2. The molecule has 6 nitrogen and oxygen atoms in total. The fourth-order valence-electron chi connectivity index (χ4n) is 2.91. The fraction of sp³-hybridized carbons (Fsp3) is 0.316. The van der Waals surface area contributed by atoms with Crippen LogP contribution in [0.2, 0.25) is 0 Å². The van der Waals surface area contributed by atoms with Crippen LogP contribution in [0, 0.1) is 0 Å². The normalized spacial score (nSPS) is 11.0. The Morgan fingerprint density at radius 1 is 1.24 bits per heavy atom. The maximum Gasteiger partial charge on any atom is 0.254 e. The Morgan fingerprint density at radius 2 is 2.00 bits per heavy atom. The average Bonchev–Trinajstić information content (AvgIpc) is 3.08. The number of hydrogen-bond donors (Lipinski definition) is 1. The van der Waals surface area contributed by atoms with Crippen molar-refractivity contribution in [3.8, 4) is 11.3 Å². The number of aromatic nitrogens is 3. The number of rotatable bonds is 6. The number of nitrogens with zero attached hydrogens (tertiary/aromatic N) is 4. The van der Waals surface area contributed by atoms with Crippen LogP contribution in [-0.2, 0) is 6.54 Å². The minimum atomic E-state index is -0.114. The summed E-state index contributed by atoms with van der Waals surface area (Å²) in [5.74, 6) is -0.114. The number of likely N-dealkylation sites (N-methyl/N-ethyl adjacent to an activating group) is 1. The van der Waals surface area contributed by atoms with E-state index in [4.69, 9.17) is 4.98 Å². The molecule has 0 saturated carbocycles. The molecule has 0 aliphatic carbocycles. The molecule has 2 aromatic heterocycles. The number of carbonyl (C=O) groups excluding carboxylic acids is 1. The first-order valence-electron chi connectivity index (χ1n) is 8.51. The van der Waals surface area contributed by atoms with Crippen molar-refractivity contribution in [1.29, 1.82) is 0 Å². The molecule has 0 unspecified atom stereocenters. The van der Waals surface area contributed by atoms with E-state index in [0.717, 1.165) is 16.6 Å². The van der Waals surface area contributed by atoms with E-state index in [9.17, 15) is 9.90 Å². The molecule has 0 saturated heterocycles. The summed E-state index contributed by atoms with van der Waals surface area (Å²) in [5, 5.41) is 14.3. The molecule has 0 atom stereocenters. The predicted octanol–water partition coefficient (Wildman–Crippen LogP) is 2.57. The largest absolute Gasteiger partial charge is 0.395 e. The molecule has 1 aromatic carbocycles. The van der Waals surface area contributed by atoms with Crippen molar-refractivity contribution in [1.82, 2.24) is 19.7 Å². The Balaban J connectivity index is 2.19. The van der Waals surface area contributed by atoms with Gasteiger partial charge in [0.15, 0.2) is 5.65 Å². The summed E-state index contributed by atoms with van der Waals surface area (Å²) in [6, 6.07) is 11.6. The molecule has 130 valence electrons. The van der Waals surface area contributed by atoms with Crippen molar-refractivity contribution in [2.45, 2.75) is 20.4 Å². The van der Waals surface area contributed by atoms with Gasteiger partial charge in [-0.05, 0) is 19.9 Å². The van der Waals surface area contributed by atoms with E-state index in [1.54, 1.807) is 15.8 Å². The lowest BCUT2D eigenvalue weighted by Gasteiger charge is -2.20. The Kier molecular flexibility index (Phi) is 5.09. The lowest BCUT2D eigenvalue weighted by molar-refractivity contribution is 0.0734. The minimum absolute atomic E-state index is 0.0619. The molecule has 3 aromatic rings. The van der Waals surface area contributed by atoms with Gasteiger partial charge in [0.05, 0.1) is 29.4 Å². The predicted molar refractivity (Wildman–Crippen MR) is 97.3 cm³/mol. The Labute approximate surface area is 146 Å². The fourth-order valence-corrected chi connectivity index (χ4v) is 2.91. The van der Waals surface area contributed by atoms with E-state index in [2.05, 4.69) is 5.10 Å². The first-order chi connectivity index (χ1) is 12.2. The van der Waals surface area contributed by atoms with E-state index in [-0.39, 0.29) is 12.5 Å². The van der Waals surface area contributed by atoms with Crippen molar-refractivity contribution in [3.05, 3.63) is 48.2 Å². The lowest BCUT2D eigenvalue weighted by atomic mass is 10.1. The summed E-state index contributed by atoms with van der Waals surface area (Å²) >= 11 is 0. The van der Waals surface area contributed by atoms with Gasteiger partial charge in [-0.2, -0.15) is 5.10 Å². The highest BCUT2D eigenvalue weighted by Crippen LogP contribution is 2.25. The van der Waals surface area contributed by atoms with E-state index in [0.29, 0.717) is 30.8 Å². The second-order valence-electron chi connectivity index (χ2n) is 5.73. The third-order valence-corrected chi connectivity index (χ3v) is 4.25. The molecular weight excluding hydrogens is 316 g/mol. The molecule has 25 heavy (non-hydrogen) atoms. The van der Waals surface area contributed by atoms with Crippen molar-refractivity contribution in [2.24, 2.45) is 0 Å². The van der Waals surface area contributed by atoms with Crippen LogP contribution in [0.3, 0.4) is 0 Å². The number of hydrogen-bond acceptors (Lipinski definition) is 4. The van der Waals surface area contributed by atoms with E-state index in [1.807, 2.05) is 50.2 Å². The number of aliphatic hydroxyl groups excluding tert-OH is 1. The van der Waals surface area contributed by atoms with Crippen molar-refractivity contribution in [3.63, 3.8) is 0 Å². The highest BCUT2D eigenvalue weighted by Gasteiger charge is 2.20. The van der Waals surface area contributed by atoms with E-state index in [1.165, 1.54) is 0 Å². The smallest absolute Gasteiger partial charge is 0.254 e. The highest BCUT2D eigenvalue weighted by atomic mass is 16.3. The SMILES string of the molecule is CCN(CCO)C(=O)c1cc(-c2ccccc2)nc2c1cnn2CC. The molecule has 0 fully saturated rings. The van der Waals surface area contributed by atoms with Gasteiger partial charge in [-0.1, -0.05) is 30.3 Å². The van der Waals surface area contributed by atoms with Gasteiger partial charge in [0, 0.05) is 25.2 Å². The Bertz CT molecular complexity index is 874. The summed E-state index contributed by atoms with van der Waals surface area (Å²) in [5.41, 5.74) is 2.96. The van der Waals surface area contributed by atoms with Gasteiger partial charge in [-0.3, -0.25) is 4.79 Å². The zero-order valence-corrected chi connectivity index (χ0v) is 14.5. The zero-order valence-electron chi connectivity index (χ0n) is 14.5. The number of aliphatic hydroxyl groups is 1. The second-order valence-corrected chi connectivity index (χ2v) is 5.73. The second kappa shape index (κ2) is 7.44. The quantitative estimate of drug-likeness (QED) is 0.750. The molecule has 1 N–H and O–H groups in total. The van der Waals surface area contributed by atoms with Gasteiger partial charge in [-0.15, -0.1) is 0 Å². The number of amides is 1. The molecule has 0 spiro atoms. The number of fused-ring (bicyclic) bond motifs is 1. The van der Waals surface area contributed by atoms with Crippen molar-refractivity contribution in [2.75, 3.05) is 19.7 Å². The summed E-state index contributed by atoms with van der Waals surface area (Å²) in [7, 11) is 0. The molecule has 2 heterocycles.